The second-order valence-corrected chi connectivity index (χ2v) is 4.96. The van der Waals surface area contributed by atoms with Crippen LogP contribution in [0.5, 0.6) is 0 Å². The van der Waals surface area contributed by atoms with Crippen molar-refractivity contribution in [3.63, 3.8) is 0 Å². The van der Waals surface area contributed by atoms with Crippen LogP contribution in [0.4, 0.5) is 0 Å². The average Bonchev–Trinajstić information content (AvgIpc) is 2.61. The van der Waals surface area contributed by atoms with Crippen molar-refractivity contribution in [2.24, 2.45) is 0 Å². The molecule has 0 fully saturated rings. The maximum atomic E-state index is 4.38. The number of aryl methyl sites for hydroxylation is 1. The number of imidazole rings is 1. The molecule has 0 N–H and O–H groups in total. The summed E-state index contributed by atoms with van der Waals surface area (Å²) >= 11 is 0. The fraction of sp³-hybridized carbons (Fsp3) is 0.385. The SMILES string of the molecule is Cc1ncc(C(C)(C)C)n1-c1ccccn1. The molecule has 2 rings (SSSR count). The van der Waals surface area contributed by atoms with Gasteiger partial charge in [-0.1, -0.05) is 26.8 Å². The number of pyridine rings is 1. The van der Waals surface area contributed by atoms with Gasteiger partial charge >= 0.3 is 0 Å². The lowest BCUT2D eigenvalue weighted by Crippen LogP contribution is -2.17. The van der Waals surface area contributed by atoms with Gasteiger partial charge in [-0.05, 0) is 19.1 Å². The first-order chi connectivity index (χ1) is 7.50. The third kappa shape index (κ3) is 1.85. The molecule has 0 saturated carbocycles. The Labute approximate surface area is 96.2 Å². The minimum atomic E-state index is 0.0682. The summed E-state index contributed by atoms with van der Waals surface area (Å²) in [6, 6.07) is 5.92. The first-order valence-corrected chi connectivity index (χ1v) is 5.46. The molecule has 0 aliphatic heterocycles. The molecule has 2 heterocycles. The van der Waals surface area contributed by atoms with E-state index in [4.69, 9.17) is 0 Å². The molecule has 0 bridgehead atoms. The quantitative estimate of drug-likeness (QED) is 0.732. The lowest BCUT2D eigenvalue weighted by atomic mass is 9.92. The molecule has 0 saturated heterocycles. The first-order valence-electron chi connectivity index (χ1n) is 5.46. The Hall–Kier alpha value is -1.64. The normalized spacial score (nSPS) is 11.8. The van der Waals surface area contributed by atoms with E-state index in [0.717, 1.165) is 11.6 Å². The van der Waals surface area contributed by atoms with E-state index >= 15 is 0 Å². The molecule has 0 aliphatic carbocycles. The molecule has 0 aliphatic rings. The molecule has 16 heavy (non-hydrogen) atoms. The highest BCUT2D eigenvalue weighted by Crippen LogP contribution is 2.25. The largest absolute Gasteiger partial charge is 0.285 e. The van der Waals surface area contributed by atoms with E-state index in [1.54, 1.807) is 6.20 Å². The molecule has 0 spiro atoms. The van der Waals surface area contributed by atoms with E-state index in [2.05, 4.69) is 35.3 Å². The highest BCUT2D eigenvalue weighted by Gasteiger charge is 2.21. The van der Waals surface area contributed by atoms with Crippen LogP contribution < -0.4 is 0 Å². The Morgan fingerprint density at radius 1 is 1.12 bits per heavy atom. The zero-order chi connectivity index (χ0) is 11.8. The Morgan fingerprint density at radius 3 is 2.44 bits per heavy atom. The van der Waals surface area contributed by atoms with E-state index in [1.165, 1.54) is 5.69 Å². The van der Waals surface area contributed by atoms with Gasteiger partial charge in [0.25, 0.3) is 0 Å². The standard InChI is InChI=1S/C13H17N3/c1-10-15-9-11(13(2,3)4)16(10)12-7-5-6-8-14-12/h5-9H,1-4H3. The third-order valence-corrected chi connectivity index (χ3v) is 2.58. The van der Waals surface area contributed by atoms with Gasteiger partial charge in [-0.15, -0.1) is 0 Å². The van der Waals surface area contributed by atoms with Crippen LogP contribution in [0.1, 0.15) is 32.3 Å². The summed E-state index contributed by atoms with van der Waals surface area (Å²) in [6.45, 7) is 8.55. The number of aromatic nitrogens is 3. The van der Waals surface area contributed by atoms with Crippen LogP contribution in [0.15, 0.2) is 30.6 Å². The van der Waals surface area contributed by atoms with Crippen LogP contribution in [0.2, 0.25) is 0 Å². The highest BCUT2D eigenvalue weighted by molar-refractivity contribution is 5.30. The van der Waals surface area contributed by atoms with Gasteiger partial charge in [-0.2, -0.15) is 0 Å². The molecule has 2 aromatic rings. The lowest BCUT2D eigenvalue weighted by molar-refractivity contribution is 0.552. The zero-order valence-corrected chi connectivity index (χ0v) is 10.2. The van der Waals surface area contributed by atoms with Gasteiger partial charge in [0.05, 0.1) is 0 Å². The molecular formula is C13H17N3. The number of nitrogens with zero attached hydrogens (tertiary/aromatic N) is 3. The van der Waals surface area contributed by atoms with Gasteiger partial charge < -0.3 is 0 Å². The lowest BCUT2D eigenvalue weighted by Gasteiger charge is -2.20. The van der Waals surface area contributed by atoms with E-state index in [1.807, 2.05) is 31.3 Å². The molecule has 0 radical (unpaired) electrons. The Morgan fingerprint density at radius 2 is 1.88 bits per heavy atom. The minimum Gasteiger partial charge on any atom is -0.285 e. The van der Waals surface area contributed by atoms with E-state index in [-0.39, 0.29) is 5.41 Å². The van der Waals surface area contributed by atoms with Crippen LogP contribution in [0, 0.1) is 6.92 Å². The van der Waals surface area contributed by atoms with E-state index in [0.29, 0.717) is 0 Å². The molecule has 0 aromatic carbocycles. The molecule has 3 nitrogen and oxygen atoms in total. The maximum Gasteiger partial charge on any atom is 0.138 e. The van der Waals surface area contributed by atoms with Gasteiger partial charge in [0.2, 0.25) is 0 Å². The number of rotatable bonds is 1. The van der Waals surface area contributed by atoms with Gasteiger partial charge in [0.1, 0.15) is 11.6 Å². The second-order valence-electron chi connectivity index (χ2n) is 4.96. The van der Waals surface area contributed by atoms with Crippen molar-refractivity contribution in [1.29, 1.82) is 0 Å². The summed E-state index contributed by atoms with van der Waals surface area (Å²) in [4.78, 5) is 8.76. The predicted octanol–water partition coefficient (Wildman–Crippen LogP) is 2.87. The fourth-order valence-corrected chi connectivity index (χ4v) is 1.75. The maximum absolute atomic E-state index is 4.38. The number of hydrogen-bond donors (Lipinski definition) is 0. The molecule has 0 atom stereocenters. The van der Waals surface area contributed by atoms with E-state index in [9.17, 15) is 0 Å². The zero-order valence-electron chi connectivity index (χ0n) is 10.2. The summed E-state index contributed by atoms with van der Waals surface area (Å²) in [7, 11) is 0. The third-order valence-electron chi connectivity index (χ3n) is 2.58. The van der Waals surface area contributed by atoms with Crippen LogP contribution in [0.3, 0.4) is 0 Å². The van der Waals surface area contributed by atoms with Crippen molar-refractivity contribution in [2.45, 2.75) is 33.1 Å². The van der Waals surface area contributed by atoms with Gasteiger partial charge in [0.15, 0.2) is 0 Å². The number of hydrogen-bond acceptors (Lipinski definition) is 2. The second kappa shape index (κ2) is 3.74. The van der Waals surface area contributed by atoms with Crippen molar-refractivity contribution in [1.82, 2.24) is 14.5 Å². The van der Waals surface area contributed by atoms with Gasteiger partial charge in [-0.3, -0.25) is 4.57 Å². The smallest absolute Gasteiger partial charge is 0.138 e. The summed E-state index contributed by atoms with van der Waals surface area (Å²) in [5, 5.41) is 0. The summed E-state index contributed by atoms with van der Waals surface area (Å²) in [5.41, 5.74) is 1.25. The van der Waals surface area contributed by atoms with E-state index < -0.39 is 0 Å². The average molecular weight is 215 g/mol. The molecule has 3 heteroatoms. The van der Waals surface area contributed by atoms with Crippen molar-refractivity contribution in [2.75, 3.05) is 0 Å². The van der Waals surface area contributed by atoms with Gasteiger partial charge in [0, 0.05) is 23.5 Å². The molecule has 0 amide bonds. The Bertz CT molecular complexity index is 478. The fourth-order valence-electron chi connectivity index (χ4n) is 1.75. The van der Waals surface area contributed by atoms with Crippen LogP contribution in [-0.2, 0) is 5.41 Å². The molecule has 84 valence electrons. The monoisotopic (exact) mass is 215 g/mol. The molecule has 0 unspecified atom stereocenters. The van der Waals surface area contributed by atoms with Crippen LogP contribution in [-0.4, -0.2) is 14.5 Å². The topological polar surface area (TPSA) is 30.7 Å². The first kappa shape index (κ1) is 10.9. The molecule has 2 aromatic heterocycles. The summed E-state index contributed by atoms with van der Waals surface area (Å²) < 4.78 is 2.11. The minimum absolute atomic E-state index is 0.0682. The van der Waals surface area contributed by atoms with Crippen molar-refractivity contribution in [3.8, 4) is 5.82 Å². The van der Waals surface area contributed by atoms with Crippen molar-refractivity contribution >= 4 is 0 Å². The Kier molecular flexibility index (Phi) is 2.54. The Balaban J connectivity index is 2.61. The molecular weight excluding hydrogens is 198 g/mol. The van der Waals surface area contributed by atoms with Crippen LogP contribution in [0.25, 0.3) is 5.82 Å². The van der Waals surface area contributed by atoms with Gasteiger partial charge in [-0.25, -0.2) is 9.97 Å². The highest BCUT2D eigenvalue weighted by atomic mass is 15.1. The summed E-state index contributed by atoms with van der Waals surface area (Å²) in [5.74, 6) is 1.91. The van der Waals surface area contributed by atoms with Crippen molar-refractivity contribution < 1.29 is 0 Å². The predicted molar refractivity (Wildman–Crippen MR) is 64.8 cm³/mol. The summed E-state index contributed by atoms with van der Waals surface area (Å²) in [6.07, 6.45) is 3.74. The van der Waals surface area contributed by atoms with Crippen molar-refractivity contribution in [3.05, 3.63) is 42.1 Å². The van der Waals surface area contributed by atoms with Crippen LogP contribution >= 0.6 is 0 Å².